The second kappa shape index (κ2) is 5.80. The Morgan fingerprint density at radius 2 is 1.95 bits per heavy atom. The fourth-order valence-corrected chi connectivity index (χ4v) is 1.75. The van der Waals surface area contributed by atoms with Gasteiger partial charge in [0.05, 0.1) is 5.56 Å². The molecule has 2 aromatic rings. The van der Waals surface area contributed by atoms with Gasteiger partial charge in [-0.2, -0.15) is 0 Å². The van der Waals surface area contributed by atoms with Crippen LogP contribution in [-0.4, -0.2) is 6.29 Å². The summed E-state index contributed by atoms with van der Waals surface area (Å²) in [4.78, 5) is 10.8. The summed E-state index contributed by atoms with van der Waals surface area (Å²) < 4.78 is 31.7. The first-order chi connectivity index (χ1) is 9.10. The topological polar surface area (TPSA) is 26.3 Å². The Morgan fingerprint density at radius 3 is 2.68 bits per heavy atom. The van der Waals surface area contributed by atoms with Gasteiger partial charge >= 0.3 is 0 Å². The third-order valence-corrected chi connectivity index (χ3v) is 2.72. The fourth-order valence-electron chi connectivity index (χ4n) is 1.55. The molecule has 5 heteroatoms. The molecule has 0 spiro atoms. The van der Waals surface area contributed by atoms with Gasteiger partial charge in [-0.05, 0) is 36.4 Å². The summed E-state index contributed by atoms with van der Waals surface area (Å²) in [6, 6.07) is 7.62. The molecule has 0 bridgehead atoms. The van der Waals surface area contributed by atoms with E-state index in [1.165, 1.54) is 24.3 Å². The maximum Gasteiger partial charge on any atom is 0.153 e. The van der Waals surface area contributed by atoms with E-state index < -0.39 is 11.6 Å². The zero-order valence-corrected chi connectivity index (χ0v) is 10.5. The molecule has 0 aliphatic rings. The third kappa shape index (κ3) is 3.29. The fraction of sp³-hybridized carbons (Fsp3) is 0.0714. The standard InChI is InChI=1S/C14H9ClF2O2/c15-11-1-3-13(17)10(5-11)8-19-14-4-2-12(16)6-9(14)7-18/h1-7H,8H2. The van der Waals surface area contributed by atoms with Crippen LogP contribution in [0.2, 0.25) is 5.02 Å². The van der Waals surface area contributed by atoms with Crippen LogP contribution >= 0.6 is 11.6 Å². The third-order valence-electron chi connectivity index (χ3n) is 2.49. The number of carbonyl (C=O) groups excluding carboxylic acids is 1. The summed E-state index contributed by atoms with van der Waals surface area (Å²) >= 11 is 5.75. The highest BCUT2D eigenvalue weighted by Crippen LogP contribution is 2.21. The average Bonchev–Trinajstić information content (AvgIpc) is 2.40. The van der Waals surface area contributed by atoms with Crippen molar-refractivity contribution in [1.82, 2.24) is 0 Å². The summed E-state index contributed by atoms with van der Waals surface area (Å²) in [6.07, 6.45) is 0.479. The second-order valence-corrected chi connectivity index (χ2v) is 4.26. The number of hydrogen-bond acceptors (Lipinski definition) is 2. The van der Waals surface area contributed by atoms with Crippen molar-refractivity contribution in [3.05, 3.63) is 64.2 Å². The molecular weight excluding hydrogens is 274 g/mol. The Bertz CT molecular complexity index is 614. The molecule has 0 heterocycles. The van der Waals surface area contributed by atoms with Gasteiger partial charge in [0.15, 0.2) is 6.29 Å². The number of carbonyl (C=O) groups is 1. The molecule has 0 fully saturated rings. The summed E-state index contributed by atoms with van der Waals surface area (Å²) in [5.41, 5.74) is 0.330. The zero-order chi connectivity index (χ0) is 13.8. The van der Waals surface area contributed by atoms with Crippen LogP contribution in [0.4, 0.5) is 8.78 Å². The monoisotopic (exact) mass is 282 g/mol. The Kier molecular flexibility index (Phi) is 4.12. The lowest BCUT2D eigenvalue weighted by molar-refractivity contribution is 0.111. The highest BCUT2D eigenvalue weighted by Gasteiger charge is 2.08. The van der Waals surface area contributed by atoms with E-state index in [1.807, 2.05) is 0 Å². The van der Waals surface area contributed by atoms with E-state index in [9.17, 15) is 13.6 Å². The molecule has 0 aliphatic carbocycles. The van der Waals surface area contributed by atoms with Gasteiger partial charge in [-0.3, -0.25) is 4.79 Å². The molecular formula is C14H9ClF2O2. The second-order valence-electron chi connectivity index (χ2n) is 3.82. The van der Waals surface area contributed by atoms with Gasteiger partial charge in [0.25, 0.3) is 0 Å². The maximum absolute atomic E-state index is 13.5. The molecule has 2 aromatic carbocycles. The maximum atomic E-state index is 13.5. The van der Waals surface area contributed by atoms with Gasteiger partial charge < -0.3 is 4.74 Å². The molecule has 2 rings (SSSR count). The Balaban J connectivity index is 2.18. The molecule has 2 nitrogen and oxygen atoms in total. The lowest BCUT2D eigenvalue weighted by atomic mass is 10.2. The van der Waals surface area contributed by atoms with E-state index in [2.05, 4.69) is 0 Å². The van der Waals surface area contributed by atoms with E-state index in [-0.39, 0.29) is 23.5 Å². The zero-order valence-electron chi connectivity index (χ0n) is 9.70. The van der Waals surface area contributed by atoms with Crippen LogP contribution in [0.3, 0.4) is 0 Å². The minimum absolute atomic E-state index is 0.0717. The smallest absolute Gasteiger partial charge is 0.153 e. The molecule has 0 N–H and O–H groups in total. The number of aldehydes is 1. The minimum Gasteiger partial charge on any atom is -0.488 e. The van der Waals surface area contributed by atoms with Gasteiger partial charge in [-0.15, -0.1) is 0 Å². The molecule has 19 heavy (non-hydrogen) atoms. The van der Waals surface area contributed by atoms with Crippen molar-refractivity contribution in [1.29, 1.82) is 0 Å². The predicted molar refractivity (Wildman–Crippen MR) is 67.5 cm³/mol. The van der Waals surface area contributed by atoms with E-state index >= 15 is 0 Å². The van der Waals surface area contributed by atoms with Crippen LogP contribution in [-0.2, 0) is 6.61 Å². The average molecular weight is 283 g/mol. The summed E-state index contributed by atoms with van der Waals surface area (Å²) in [6.45, 7) is -0.0983. The van der Waals surface area contributed by atoms with Crippen LogP contribution in [0.15, 0.2) is 36.4 Å². The molecule has 0 aliphatic heterocycles. The van der Waals surface area contributed by atoms with Crippen LogP contribution in [0.1, 0.15) is 15.9 Å². The molecule has 0 unspecified atom stereocenters. The summed E-state index contributed by atoms with van der Waals surface area (Å²) in [5, 5.41) is 0.384. The lowest BCUT2D eigenvalue weighted by Gasteiger charge is -2.09. The molecule has 0 aromatic heterocycles. The Morgan fingerprint density at radius 1 is 1.16 bits per heavy atom. The first kappa shape index (κ1) is 13.5. The van der Waals surface area contributed by atoms with E-state index in [1.54, 1.807) is 0 Å². The minimum atomic E-state index is -0.539. The van der Waals surface area contributed by atoms with Crippen molar-refractivity contribution in [2.45, 2.75) is 6.61 Å². The number of rotatable bonds is 4. The first-order valence-corrected chi connectivity index (χ1v) is 5.79. The molecule has 0 atom stereocenters. The summed E-state index contributed by atoms with van der Waals surface area (Å²) in [7, 11) is 0. The molecule has 0 saturated heterocycles. The highest BCUT2D eigenvalue weighted by molar-refractivity contribution is 6.30. The van der Waals surface area contributed by atoms with Crippen molar-refractivity contribution in [3.8, 4) is 5.75 Å². The van der Waals surface area contributed by atoms with E-state index in [0.717, 1.165) is 12.1 Å². The van der Waals surface area contributed by atoms with Crippen molar-refractivity contribution < 1.29 is 18.3 Å². The quantitative estimate of drug-likeness (QED) is 0.792. The van der Waals surface area contributed by atoms with Crippen LogP contribution < -0.4 is 4.74 Å². The van der Waals surface area contributed by atoms with Gasteiger partial charge in [-0.25, -0.2) is 8.78 Å². The first-order valence-electron chi connectivity index (χ1n) is 5.41. The molecule has 0 amide bonds. The van der Waals surface area contributed by atoms with Crippen molar-refractivity contribution >= 4 is 17.9 Å². The SMILES string of the molecule is O=Cc1cc(F)ccc1OCc1cc(Cl)ccc1F. The van der Waals surface area contributed by atoms with E-state index in [0.29, 0.717) is 11.3 Å². The van der Waals surface area contributed by atoms with Crippen molar-refractivity contribution in [2.75, 3.05) is 0 Å². The normalized spacial score (nSPS) is 10.3. The molecule has 0 radical (unpaired) electrons. The van der Waals surface area contributed by atoms with Crippen molar-refractivity contribution in [3.63, 3.8) is 0 Å². The van der Waals surface area contributed by atoms with Gasteiger partial charge in [0, 0.05) is 10.6 Å². The van der Waals surface area contributed by atoms with Crippen LogP contribution in [0.5, 0.6) is 5.75 Å². The van der Waals surface area contributed by atoms with Gasteiger partial charge in [0.1, 0.15) is 24.0 Å². The molecule has 98 valence electrons. The Hall–Kier alpha value is -1.94. The molecule has 0 saturated carbocycles. The van der Waals surface area contributed by atoms with Crippen molar-refractivity contribution in [2.24, 2.45) is 0 Å². The highest BCUT2D eigenvalue weighted by atomic mass is 35.5. The largest absolute Gasteiger partial charge is 0.488 e. The number of ether oxygens (including phenoxy) is 1. The predicted octanol–water partition coefficient (Wildman–Crippen LogP) is 4.01. The Labute approximate surface area is 113 Å². The number of hydrogen-bond donors (Lipinski definition) is 0. The van der Waals surface area contributed by atoms with Crippen LogP contribution in [0, 0.1) is 11.6 Å². The number of halogens is 3. The van der Waals surface area contributed by atoms with Gasteiger partial charge in [0.2, 0.25) is 0 Å². The number of benzene rings is 2. The van der Waals surface area contributed by atoms with Crippen LogP contribution in [0.25, 0.3) is 0 Å². The lowest BCUT2D eigenvalue weighted by Crippen LogP contribution is -2.01. The van der Waals surface area contributed by atoms with Gasteiger partial charge in [-0.1, -0.05) is 11.6 Å². The summed E-state index contributed by atoms with van der Waals surface area (Å²) in [5.74, 6) is -0.807. The van der Waals surface area contributed by atoms with E-state index in [4.69, 9.17) is 16.3 Å².